The van der Waals surface area contributed by atoms with Gasteiger partial charge in [0.25, 0.3) is 0 Å². The molecule has 0 radical (unpaired) electrons. The Labute approximate surface area is 86.4 Å². The Balaban J connectivity index is 2.27. The molecule has 1 aliphatic carbocycles. The van der Waals surface area contributed by atoms with Gasteiger partial charge in [-0.1, -0.05) is 6.92 Å². The molecular weight excluding hydrogens is 176 g/mol. The maximum Gasteiger partial charge on any atom is 0.0802 e. The number of hydrogen-bond donors (Lipinski definition) is 1. The molecular formula is C11H20N2O. The minimum atomic E-state index is 0.0723. The van der Waals surface area contributed by atoms with Crippen LogP contribution in [0.5, 0.6) is 0 Å². The molecule has 1 fully saturated rings. The summed E-state index contributed by atoms with van der Waals surface area (Å²) in [6.07, 6.45) is 5.17. The van der Waals surface area contributed by atoms with E-state index in [9.17, 15) is 0 Å². The highest BCUT2D eigenvalue weighted by Gasteiger charge is 2.36. The average Bonchev–Trinajstić information content (AvgIpc) is 2.15. The van der Waals surface area contributed by atoms with Gasteiger partial charge in [-0.05, 0) is 25.7 Å². The monoisotopic (exact) mass is 196 g/mol. The highest BCUT2D eigenvalue weighted by Crippen LogP contribution is 2.34. The van der Waals surface area contributed by atoms with Crippen LogP contribution in [0.25, 0.3) is 0 Å². The number of methoxy groups -OCH3 is 1. The number of rotatable bonds is 6. The van der Waals surface area contributed by atoms with Crippen molar-refractivity contribution in [3.63, 3.8) is 0 Å². The molecule has 0 heterocycles. The van der Waals surface area contributed by atoms with Crippen molar-refractivity contribution >= 4 is 0 Å². The summed E-state index contributed by atoms with van der Waals surface area (Å²) in [5.41, 5.74) is 0.0723. The predicted octanol–water partition coefficient (Wildman–Crippen LogP) is 1.84. The lowest BCUT2D eigenvalue weighted by Gasteiger charge is -2.41. The molecule has 0 aliphatic heterocycles. The summed E-state index contributed by atoms with van der Waals surface area (Å²) in [6, 6.07) is 2.53. The van der Waals surface area contributed by atoms with Gasteiger partial charge in [-0.2, -0.15) is 5.26 Å². The molecule has 80 valence electrons. The second kappa shape index (κ2) is 5.33. The van der Waals surface area contributed by atoms with E-state index < -0.39 is 0 Å². The first-order valence-corrected chi connectivity index (χ1v) is 5.42. The molecule has 1 rings (SSSR count). The van der Waals surface area contributed by atoms with Crippen LogP contribution >= 0.6 is 0 Å². The summed E-state index contributed by atoms with van der Waals surface area (Å²) in [5.74, 6) is 0. The molecule has 0 amide bonds. The molecule has 0 saturated heterocycles. The zero-order chi connectivity index (χ0) is 10.4. The first-order chi connectivity index (χ1) is 6.76. The van der Waals surface area contributed by atoms with Gasteiger partial charge in [-0.3, -0.25) is 0 Å². The van der Waals surface area contributed by atoms with Gasteiger partial charge in [-0.15, -0.1) is 0 Å². The van der Waals surface area contributed by atoms with E-state index in [1.165, 1.54) is 6.42 Å². The lowest BCUT2D eigenvalue weighted by Crippen LogP contribution is -2.50. The molecule has 1 aliphatic rings. The minimum Gasteiger partial charge on any atom is -0.377 e. The number of nitriles is 1. The van der Waals surface area contributed by atoms with Crippen LogP contribution in [-0.4, -0.2) is 25.3 Å². The Bertz CT molecular complexity index is 200. The second-order valence-corrected chi connectivity index (χ2v) is 4.09. The molecule has 1 saturated carbocycles. The molecule has 0 aromatic carbocycles. The van der Waals surface area contributed by atoms with Gasteiger partial charge in [0, 0.05) is 19.7 Å². The first kappa shape index (κ1) is 11.5. The van der Waals surface area contributed by atoms with Crippen LogP contribution in [0, 0.1) is 11.3 Å². The van der Waals surface area contributed by atoms with E-state index in [-0.39, 0.29) is 5.60 Å². The van der Waals surface area contributed by atoms with E-state index in [0.29, 0.717) is 12.5 Å². The Morgan fingerprint density at radius 1 is 1.57 bits per heavy atom. The molecule has 3 nitrogen and oxygen atoms in total. The third kappa shape index (κ3) is 2.70. The molecule has 0 aromatic heterocycles. The molecule has 1 atom stereocenters. The van der Waals surface area contributed by atoms with Crippen molar-refractivity contribution in [2.45, 2.75) is 50.7 Å². The van der Waals surface area contributed by atoms with Crippen LogP contribution in [0.1, 0.15) is 39.0 Å². The van der Waals surface area contributed by atoms with E-state index in [0.717, 1.165) is 25.8 Å². The lowest BCUT2D eigenvalue weighted by atomic mass is 9.80. The number of nitrogens with one attached hydrogen (secondary N) is 1. The van der Waals surface area contributed by atoms with Gasteiger partial charge in [-0.25, -0.2) is 0 Å². The van der Waals surface area contributed by atoms with Crippen LogP contribution in [0.2, 0.25) is 0 Å². The van der Waals surface area contributed by atoms with Gasteiger partial charge >= 0.3 is 0 Å². The zero-order valence-corrected chi connectivity index (χ0v) is 9.18. The summed E-state index contributed by atoms with van der Waals surface area (Å²) in [7, 11) is 1.78. The fourth-order valence-corrected chi connectivity index (χ4v) is 1.83. The summed E-state index contributed by atoms with van der Waals surface area (Å²) in [4.78, 5) is 0. The molecule has 0 spiro atoms. The van der Waals surface area contributed by atoms with Crippen molar-refractivity contribution in [3.8, 4) is 6.07 Å². The maximum atomic E-state index is 8.60. The van der Waals surface area contributed by atoms with Crippen molar-refractivity contribution in [3.05, 3.63) is 0 Å². The topological polar surface area (TPSA) is 45.0 Å². The van der Waals surface area contributed by atoms with Crippen molar-refractivity contribution in [1.82, 2.24) is 5.32 Å². The summed E-state index contributed by atoms with van der Waals surface area (Å²) < 4.78 is 5.50. The number of nitrogens with zero attached hydrogens (tertiary/aromatic N) is 1. The van der Waals surface area contributed by atoms with E-state index in [4.69, 9.17) is 10.00 Å². The normalized spacial score (nSPS) is 20.9. The maximum absolute atomic E-state index is 8.60. The van der Waals surface area contributed by atoms with Crippen molar-refractivity contribution in [1.29, 1.82) is 5.26 Å². The summed E-state index contributed by atoms with van der Waals surface area (Å²) in [5, 5.41) is 12.0. The highest BCUT2D eigenvalue weighted by atomic mass is 16.5. The smallest absolute Gasteiger partial charge is 0.0802 e. The largest absolute Gasteiger partial charge is 0.377 e. The quantitative estimate of drug-likeness (QED) is 0.705. The molecule has 3 heteroatoms. The SMILES string of the molecule is CCC(CC#N)NCC1(OC)CCC1. The number of ether oxygens (including phenoxy) is 1. The van der Waals surface area contributed by atoms with Crippen molar-refractivity contribution < 1.29 is 4.74 Å². The molecule has 14 heavy (non-hydrogen) atoms. The Morgan fingerprint density at radius 2 is 2.29 bits per heavy atom. The van der Waals surface area contributed by atoms with Gasteiger partial charge in [0.2, 0.25) is 0 Å². The van der Waals surface area contributed by atoms with Crippen molar-refractivity contribution in [2.75, 3.05) is 13.7 Å². The third-order valence-electron chi connectivity index (χ3n) is 3.24. The first-order valence-electron chi connectivity index (χ1n) is 5.42. The van der Waals surface area contributed by atoms with Crippen LogP contribution in [0.3, 0.4) is 0 Å². The lowest BCUT2D eigenvalue weighted by molar-refractivity contribution is -0.0708. The predicted molar refractivity (Wildman–Crippen MR) is 55.9 cm³/mol. The second-order valence-electron chi connectivity index (χ2n) is 4.09. The summed E-state index contributed by atoms with van der Waals surface area (Å²) in [6.45, 7) is 3.00. The molecule has 1 unspecified atom stereocenters. The van der Waals surface area contributed by atoms with Gasteiger partial charge < -0.3 is 10.1 Å². The molecule has 0 aromatic rings. The van der Waals surface area contributed by atoms with E-state index >= 15 is 0 Å². The van der Waals surface area contributed by atoms with Gasteiger partial charge in [0.05, 0.1) is 18.1 Å². The highest BCUT2D eigenvalue weighted by molar-refractivity contribution is 4.93. The third-order valence-corrected chi connectivity index (χ3v) is 3.24. The van der Waals surface area contributed by atoms with Crippen LogP contribution < -0.4 is 5.32 Å². The van der Waals surface area contributed by atoms with E-state index in [2.05, 4.69) is 18.3 Å². The Hall–Kier alpha value is -0.590. The summed E-state index contributed by atoms with van der Waals surface area (Å²) >= 11 is 0. The fourth-order valence-electron chi connectivity index (χ4n) is 1.83. The standard InChI is InChI=1S/C11H20N2O/c1-3-10(5-8-12)13-9-11(14-2)6-4-7-11/h10,13H,3-7,9H2,1-2H3. The Morgan fingerprint density at radius 3 is 2.64 bits per heavy atom. The minimum absolute atomic E-state index is 0.0723. The molecule has 0 bridgehead atoms. The fraction of sp³-hybridized carbons (Fsp3) is 0.909. The van der Waals surface area contributed by atoms with Crippen molar-refractivity contribution in [2.24, 2.45) is 0 Å². The number of hydrogen-bond acceptors (Lipinski definition) is 3. The van der Waals surface area contributed by atoms with Gasteiger partial charge in [0.15, 0.2) is 0 Å². The van der Waals surface area contributed by atoms with Gasteiger partial charge in [0.1, 0.15) is 0 Å². The van der Waals surface area contributed by atoms with E-state index in [1.54, 1.807) is 7.11 Å². The molecule has 1 N–H and O–H groups in total. The average molecular weight is 196 g/mol. The van der Waals surface area contributed by atoms with E-state index in [1.807, 2.05) is 0 Å². The van der Waals surface area contributed by atoms with Crippen LogP contribution in [0.4, 0.5) is 0 Å². The Kier molecular flexibility index (Phi) is 4.37. The van der Waals surface area contributed by atoms with Crippen LogP contribution in [-0.2, 0) is 4.74 Å². The zero-order valence-electron chi connectivity index (χ0n) is 9.18. The van der Waals surface area contributed by atoms with Crippen LogP contribution in [0.15, 0.2) is 0 Å².